The molecule has 0 bridgehead atoms. The molecule has 0 aromatic heterocycles. The maximum Gasteiger partial charge on any atom is 0.234 e. The number of thioether (sulfide) groups is 1. The summed E-state index contributed by atoms with van der Waals surface area (Å²) in [6, 6.07) is 10.8. The third-order valence-corrected chi connectivity index (χ3v) is 3.92. The van der Waals surface area contributed by atoms with Crippen molar-refractivity contribution < 1.29 is 9.18 Å². The van der Waals surface area contributed by atoms with Crippen LogP contribution in [0.1, 0.15) is 0 Å². The second-order valence-corrected chi connectivity index (χ2v) is 5.46. The van der Waals surface area contributed by atoms with E-state index < -0.39 is 5.82 Å². The minimum atomic E-state index is -0.394. The lowest BCUT2D eigenvalue weighted by Gasteiger charge is -2.07. The van der Waals surface area contributed by atoms with Gasteiger partial charge in [0.15, 0.2) is 0 Å². The molecule has 0 fully saturated rings. The first-order valence-electron chi connectivity index (χ1n) is 5.78. The molecular weight excluding hydrogens is 299 g/mol. The second-order valence-electron chi connectivity index (χ2n) is 4.04. The molecule has 0 atom stereocenters. The van der Waals surface area contributed by atoms with Gasteiger partial charge >= 0.3 is 0 Å². The molecule has 0 aliphatic heterocycles. The van der Waals surface area contributed by atoms with Crippen molar-refractivity contribution in [3.63, 3.8) is 0 Å². The smallest absolute Gasteiger partial charge is 0.234 e. The topological polar surface area (TPSA) is 55.1 Å². The Bertz CT molecular complexity index is 636. The number of hydrogen-bond acceptors (Lipinski definition) is 3. The normalized spacial score (nSPS) is 10.3. The van der Waals surface area contributed by atoms with E-state index in [-0.39, 0.29) is 11.7 Å². The number of nitrogen functional groups attached to an aromatic ring is 1. The lowest BCUT2D eigenvalue weighted by molar-refractivity contribution is -0.113. The Hall–Kier alpha value is -1.72. The third-order valence-electron chi connectivity index (χ3n) is 2.42. The Labute approximate surface area is 125 Å². The van der Waals surface area contributed by atoms with Crippen LogP contribution in [-0.4, -0.2) is 11.7 Å². The molecule has 2 aromatic carbocycles. The highest BCUT2D eigenvalue weighted by atomic mass is 35.5. The van der Waals surface area contributed by atoms with E-state index in [1.165, 1.54) is 30.0 Å². The lowest BCUT2D eigenvalue weighted by atomic mass is 10.3. The van der Waals surface area contributed by atoms with Crippen LogP contribution >= 0.6 is 23.4 Å². The van der Waals surface area contributed by atoms with Crippen LogP contribution in [0.5, 0.6) is 0 Å². The Morgan fingerprint density at radius 1 is 1.30 bits per heavy atom. The SMILES string of the molecule is Nc1ccc(Cl)c(SCC(=O)Nc2cccc(F)c2)c1. The first-order valence-corrected chi connectivity index (χ1v) is 7.14. The fourth-order valence-corrected chi connectivity index (χ4v) is 2.60. The van der Waals surface area contributed by atoms with Crippen molar-refractivity contribution in [3.05, 3.63) is 53.3 Å². The summed E-state index contributed by atoms with van der Waals surface area (Å²) in [5, 5.41) is 3.16. The highest BCUT2D eigenvalue weighted by Gasteiger charge is 2.07. The van der Waals surface area contributed by atoms with Gasteiger partial charge < -0.3 is 11.1 Å². The van der Waals surface area contributed by atoms with Gasteiger partial charge in [-0.05, 0) is 36.4 Å². The minimum Gasteiger partial charge on any atom is -0.399 e. The number of anilines is 2. The largest absolute Gasteiger partial charge is 0.399 e. The van der Waals surface area contributed by atoms with Gasteiger partial charge in [0, 0.05) is 16.3 Å². The van der Waals surface area contributed by atoms with E-state index in [0.717, 1.165) is 4.90 Å². The van der Waals surface area contributed by atoms with Crippen LogP contribution in [0.15, 0.2) is 47.4 Å². The number of nitrogens with two attached hydrogens (primary N) is 1. The molecule has 2 aromatic rings. The van der Waals surface area contributed by atoms with E-state index in [9.17, 15) is 9.18 Å². The van der Waals surface area contributed by atoms with Crippen molar-refractivity contribution in [3.8, 4) is 0 Å². The summed E-state index contributed by atoms with van der Waals surface area (Å²) in [6.45, 7) is 0. The number of nitrogens with one attached hydrogen (secondary N) is 1. The zero-order chi connectivity index (χ0) is 14.5. The Kier molecular flexibility index (Phi) is 4.87. The Morgan fingerprint density at radius 2 is 2.10 bits per heavy atom. The maximum absolute atomic E-state index is 13.0. The maximum atomic E-state index is 13.0. The zero-order valence-electron chi connectivity index (χ0n) is 10.4. The molecule has 3 N–H and O–H groups in total. The number of carbonyl (C=O) groups is 1. The molecule has 104 valence electrons. The van der Waals surface area contributed by atoms with Gasteiger partial charge in [0.05, 0.1) is 10.8 Å². The number of carbonyl (C=O) groups excluding carboxylic acids is 1. The number of hydrogen-bond donors (Lipinski definition) is 2. The first-order chi connectivity index (χ1) is 9.54. The molecule has 20 heavy (non-hydrogen) atoms. The average molecular weight is 311 g/mol. The quantitative estimate of drug-likeness (QED) is 0.667. The second kappa shape index (κ2) is 6.63. The van der Waals surface area contributed by atoms with Crippen molar-refractivity contribution in [2.24, 2.45) is 0 Å². The summed E-state index contributed by atoms with van der Waals surface area (Å²) in [7, 11) is 0. The summed E-state index contributed by atoms with van der Waals surface area (Å²) in [6.07, 6.45) is 0. The van der Waals surface area contributed by atoms with Crippen LogP contribution in [0, 0.1) is 5.82 Å². The van der Waals surface area contributed by atoms with Gasteiger partial charge in [-0.1, -0.05) is 17.7 Å². The van der Waals surface area contributed by atoms with Crippen LogP contribution in [0.2, 0.25) is 5.02 Å². The molecule has 6 heteroatoms. The molecule has 0 spiro atoms. The first kappa shape index (κ1) is 14.7. The Balaban J connectivity index is 1.94. The van der Waals surface area contributed by atoms with E-state index in [0.29, 0.717) is 16.4 Å². The third kappa shape index (κ3) is 4.15. The van der Waals surface area contributed by atoms with E-state index >= 15 is 0 Å². The molecule has 0 radical (unpaired) electrons. The van der Waals surface area contributed by atoms with Crippen LogP contribution in [0.4, 0.5) is 15.8 Å². The zero-order valence-corrected chi connectivity index (χ0v) is 12.0. The fourth-order valence-electron chi connectivity index (χ4n) is 1.54. The van der Waals surface area contributed by atoms with Gasteiger partial charge in [-0.3, -0.25) is 4.79 Å². The van der Waals surface area contributed by atoms with Crippen molar-refractivity contribution in [2.45, 2.75) is 4.90 Å². The fraction of sp³-hybridized carbons (Fsp3) is 0.0714. The number of halogens is 2. The predicted molar refractivity (Wildman–Crippen MR) is 81.6 cm³/mol. The van der Waals surface area contributed by atoms with Crippen molar-refractivity contribution in [1.82, 2.24) is 0 Å². The van der Waals surface area contributed by atoms with Gasteiger partial charge in [-0.15, -0.1) is 11.8 Å². The molecular formula is C14H12ClFN2OS. The van der Waals surface area contributed by atoms with Gasteiger partial charge in [-0.25, -0.2) is 4.39 Å². The monoisotopic (exact) mass is 310 g/mol. The number of benzene rings is 2. The molecule has 2 rings (SSSR count). The summed E-state index contributed by atoms with van der Waals surface area (Å²) in [5.41, 5.74) is 6.67. The molecule has 0 saturated carbocycles. The summed E-state index contributed by atoms with van der Waals surface area (Å²) in [5.74, 6) is -0.465. The molecule has 0 aliphatic rings. The van der Waals surface area contributed by atoms with Gasteiger partial charge in [0.2, 0.25) is 5.91 Å². The van der Waals surface area contributed by atoms with Crippen molar-refractivity contribution in [2.75, 3.05) is 16.8 Å². The van der Waals surface area contributed by atoms with Gasteiger partial charge in [-0.2, -0.15) is 0 Å². The van der Waals surface area contributed by atoms with Gasteiger partial charge in [0.25, 0.3) is 0 Å². The van der Waals surface area contributed by atoms with E-state index in [4.69, 9.17) is 17.3 Å². The van der Waals surface area contributed by atoms with Crippen LogP contribution in [-0.2, 0) is 4.79 Å². The number of rotatable bonds is 4. The summed E-state index contributed by atoms with van der Waals surface area (Å²) in [4.78, 5) is 12.5. The highest BCUT2D eigenvalue weighted by Crippen LogP contribution is 2.29. The summed E-state index contributed by atoms with van der Waals surface area (Å²) < 4.78 is 13.0. The van der Waals surface area contributed by atoms with Crippen molar-refractivity contribution in [1.29, 1.82) is 0 Å². The molecule has 0 heterocycles. The standard InChI is InChI=1S/C14H12ClFN2OS/c15-12-5-4-10(17)7-13(12)20-8-14(19)18-11-3-1-2-9(16)6-11/h1-7H,8,17H2,(H,18,19). The van der Waals surface area contributed by atoms with E-state index in [2.05, 4.69) is 5.32 Å². The molecule has 0 aliphatic carbocycles. The molecule has 0 saturated heterocycles. The van der Waals surface area contributed by atoms with E-state index in [1.807, 2.05) is 0 Å². The van der Waals surface area contributed by atoms with Crippen LogP contribution in [0.3, 0.4) is 0 Å². The molecule has 0 unspecified atom stereocenters. The van der Waals surface area contributed by atoms with Crippen LogP contribution in [0.25, 0.3) is 0 Å². The minimum absolute atomic E-state index is 0.166. The average Bonchev–Trinajstić information content (AvgIpc) is 2.40. The Morgan fingerprint density at radius 3 is 2.85 bits per heavy atom. The molecule has 1 amide bonds. The lowest BCUT2D eigenvalue weighted by Crippen LogP contribution is -2.14. The summed E-state index contributed by atoms with van der Waals surface area (Å²) >= 11 is 7.28. The van der Waals surface area contributed by atoms with Gasteiger partial charge in [0.1, 0.15) is 5.82 Å². The van der Waals surface area contributed by atoms with Crippen molar-refractivity contribution >= 4 is 40.6 Å². The molecule has 3 nitrogen and oxygen atoms in total. The highest BCUT2D eigenvalue weighted by molar-refractivity contribution is 8.00. The predicted octanol–water partition coefficient (Wildman–Crippen LogP) is 3.79. The van der Waals surface area contributed by atoms with Crippen LogP contribution < -0.4 is 11.1 Å². The number of amides is 1. The van der Waals surface area contributed by atoms with E-state index in [1.54, 1.807) is 24.3 Å².